The Kier molecular flexibility index (Phi) is 4.80. The van der Waals surface area contributed by atoms with Crippen LogP contribution in [0, 0.1) is 0 Å². The SMILES string of the molecule is CN(C)CC(O)C[C@@H](N)C(=O)O. The zero-order valence-corrected chi connectivity index (χ0v) is 7.40. The van der Waals surface area contributed by atoms with Crippen LogP contribution < -0.4 is 5.73 Å². The van der Waals surface area contributed by atoms with Crippen molar-refractivity contribution in [2.24, 2.45) is 5.73 Å². The van der Waals surface area contributed by atoms with E-state index in [2.05, 4.69) is 0 Å². The smallest absolute Gasteiger partial charge is 0.320 e. The second-order valence-electron chi connectivity index (χ2n) is 3.10. The van der Waals surface area contributed by atoms with Crippen molar-refractivity contribution in [2.45, 2.75) is 18.6 Å². The van der Waals surface area contributed by atoms with E-state index in [1.54, 1.807) is 19.0 Å². The lowest BCUT2D eigenvalue weighted by molar-refractivity contribution is -0.139. The molecule has 0 fully saturated rings. The number of likely N-dealkylation sites (N-methyl/N-ethyl adjacent to an activating group) is 1. The van der Waals surface area contributed by atoms with Crippen molar-refractivity contribution < 1.29 is 15.0 Å². The molecule has 0 radical (unpaired) electrons. The summed E-state index contributed by atoms with van der Waals surface area (Å²) in [6.45, 7) is 0.432. The summed E-state index contributed by atoms with van der Waals surface area (Å²) in [6.07, 6.45) is -0.584. The molecule has 0 aromatic heterocycles. The molecule has 0 aromatic rings. The van der Waals surface area contributed by atoms with Gasteiger partial charge in [-0.25, -0.2) is 0 Å². The first-order valence-corrected chi connectivity index (χ1v) is 3.74. The molecule has 12 heavy (non-hydrogen) atoms. The van der Waals surface area contributed by atoms with Gasteiger partial charge in [0.05, 0.1) is 6.10 Å². The van der Waals surface area contributed by atoms with Crippen molar-refractivity contribution in [1.82, 2.24) is 4.90 Å². The number of hydrogen-bond donors (Lipinski definition) is 3. The summed E-state index contributed by atoms with van der Waals surface area (Å²) in [5.74, 6) is -1.08. The minimum Gasteiger partial charge on any atom is -0.480 e. The van der Waals surface area contributed by atoms with E-state index in [9.17, 15) is 9.90 Å². The van der Waals surface area contributed by atoms with Crippen LogP contribution in [0.1, 0.15) is 6.42 Å². The van der Waals surface area contributed by atoms with Gasteiger partial charge in [-0.2, -0.15) is 0 Å². The van der Waals surface area contributed by atoms with Gasteiger partial charge in [0.15, 0.2) is 0 Å². The molecule has 0 heterocycles. The summed E-state index contributed by atoms with van der Waals surface area (Å²) in [4.78, 5) is 12.0. The van der Waals surface area contributed by atoms with Gasteiger partial charge in [-0.3, -0.25) is 4.79 Å². The molecule has 0 aromatic carbocycles. The van der Waals surface area contributed by atoms with Crippen LogP contribution in [0.15, 0.2) is 0 Å². The summed E-state index contributed by atoms with van der Waals surface area (Å²) in [5, 5.41) is 17.7. The fourth-order valence-corrected chi connectivity index (χ4v) is 0.890. The minimum absolute atomic E-state index is 0.0908. The Bertz CT molecular complexity index is 150. The molecule has 5 nitrogen and oxygen atoms in total. The topological polar surface area (TPSA) is 86.8 Å². The molecular formula is C7H16N2O3. The number of hydrogen-bond acceptors (Lipinski definition) is 4. The second-order valence-corrected chi connectivity index (χ2v) is 3.10. The van der Waals surface area contributed by atoms with Crippen LogP contribution in [0.25, 0.3) is 0 Å². The molecule has 0 aliphatic heterocycles. The van der Waals surface area contributed by atoms with E-state index in [-0.39, 0.29) is 6.42 Å². The standard InChI is InChI=1S/C7H16N2O3/c1-9(2)4-5(10)3-6(8)7(11)12/h5-6,10H,3-4,8H2,1-2H3,(H,11,12)/t5?,6-/m1/s1. The van der Waals surface area contributed by atoms with Gasteiger partial charge in [-0.15, -0.1) is 0 Å². The van der Waals surface area contributed by atoms with Crippen molar-refractivity contribution >= 4 is 5.97 Å². The highest BCUT2D eigenvalue weighted by Crippen LogP contribution is 1.97. The molecule has 0 bridgehead atoms. The van der Waals surface area contributed by atoms with Crippen LogP contribution in [-0.2, 0) is 4.79 Å². The van der Waals surface area contributed by atoms with Gasteiger partial charge in [0.1, 0.15) is 6.04 Å². The van der Waals surface area contributed by atoms with Gasteiger partial charge in [0, 0.05) is 13.0 Å². The lowest BCUT2D eigenvalue weighted by atomic mass is 10.1. The quantitative estimate of drug-likeness (QED) is 0.485. The number of carboxylic acid groups (broad SMARTS) is 1. The van der Waals surface area contributed by atoms with Crippen LogP contribution in [0.2, 0.25) is 0 Å². The first-order chi connectivity index (χ1) is 5.43. The molecule has 0 rings (SSSR count). The van der Waals surface area contributed by atoms with Gasteiger partial charge >= 0.3 is 5.97 Å². The largest absolute Gasteiger partial charge is 0.480 e. The molecule has 0 spiro atoms. The molecular weight excluding hydrogens is 160 g/mol. The van der Waals surface area contributed by atoms with Crippen LogP contribution in [0.4, 0.5) is 0 Å². The molecule has 2 atom stereocenters. The van der Waals surface area contributed by atoms with Crippen molar-refractivity contribution in [3.05, 3.63) is 0 Å². The maximum atomic E-state index is 10.3. The Morgan fingerprint density at radius 1 is 1.58 bits per heavy atom. The third-order valence-corrected chi connectivity index (χ3v) is 1.42. The molecule has 0 aliphatic carbocycles. The van der Waals surface area contributed by atoms with E-state index in [1.165, 1.54) is 0 Å². The average Bonchev–Trinajstić information content (AvgIpc) is 1.84. The van der Waals surface area contributed by atoms with Crippen LogP contribution in [0.3, 0.4) is 0 Å². The number of aliphatic hydroxyl groups excluding tert-OH is 1. The lowest BCUT2D eigenvalue weighted by Gasteiger charge is -2.17. The maximum Gasteiger partial charge on any atom is 0.320 e. The van der Waals surface area contributed by atoms with Crippen molar-refractivity contribution in [2.75, 3.05) is 20.6 Å². The van der Waals surface area contributed by atoms with E-state index >= 15 is 0 Å². The first-order valence-electron chi connectivity index (χ1n) is 3.74. The summed E-state index contributed by atoms with van der Waals surface area (Å²) in [7, 11) is 3.60. The Hall–Kier alpha value is -0.650. The van der Waals surface area contributed by atoms with Gasteiger partial charge in [-0.1, -0.05) is 0 Å². The third kappa shape index (κ3) is 5.06. The number of aliphatic carboxylic acids is 1. The number of carbonyl (C=O) groups is 1. The molecule has 0 amide bonds. The fourth-order valence-electron chi connectivity index (χ4n) is 0.890. The predicted octanol–water partition coefficient (Wildman–Crippen LogP) is -1.29. The Labute approximate surface area is 71.8 Å². The number of nitrogens with two attached hydrogens (primary N) is 1. The zero-order chi connectivity index (χ0) is 9.72. The summed E-state index contributed by atoms with van der Waals surface area (Å²) in [5.41, 5.74) is 5.22. The zero-order valence-electron chi connectivity index (χ0n) is 7.40. The number of carboxylic acids is 1. The molecule has 0 saturated heterocycles. The Balaban J connectivity index is 3.68. The maximum absolute atomic E-state index is 10.3. The van der Waals surface area contributed by atoms with Crippen molar-refractivity contribution in [3.63, 3.8) is 0 Å². The van der Waals surface area contributed by atoms with Crippen molar-refractivity contribution in [3.8, 4) is 0 Å². The molecule has 0 saturated carbocycles. The van der Waals surface area contributed by atoms with E-state index in [0.29, 0.717) is 6.54 Å². The number of aliphatic hydroxyl groups is 1. The van der Waals surface area contributed by atoms with E-state index < -0.39 is 18.1 Å². The lowest BCUT2D eigenvalue weighted by Crippen LogP contribution is -2.37. The van der Waals surface area contributed by atoms with E-state index in [1.807, 2.05) is 0 Å². The van der Waals surface area contributed by atoms with E-state index in [4.69, 9.17) is 10.8 Å². The van der Waals surface area contributed by atoms with Gasteiger partial charge in [0.2, 0.25) is 0 Å². The first kappa shape index (κ1) is 11.4. The van der Waals surface area contributed by atoms with Crippen molar-refractivity contribution in [1.29, 1.82) is 0 Å². The number of nitrogens with zero attached hydrogens (tertiary/aromatic N) is 1. The van der Waals surface area contributed by atoms with Gasteiger partial charge in [-0.05, 0) is 14.1 Å². The summed E-state index contributed by atoms with van der Waals surface area (Å²) in [6, 6.07) is -0.972. The predicted molar refractivity (Wildman–Crippen MR) is 44.8 cm³/mol. The number of rotatable bonds is 5. The fraction of sp³-hybridized carbons (Fsp3) is 0.857. The van der Waals surface area contributed by atoms with E-state index in [0.717, 1.165) is 0 Å². The van der Waals surface area contributed by atoms with Crippen LogP contribution >= 0.6 is 0 Å². The normalized spacial score (nSPS) is 16.1. The Morgan fingerprint density at radius 2 is 2.08 bits per heavy atom. The molecule has 72 valence electrons. The average molecular weight is 176 g/mol. The molecule has 4 N–H and O–H groups in total. The Morgan fingerprint density at radius 3 is 2.42 bits per heavy atom. The molecule has 5 heteroatoms. The summed E-state index contributed by atoms with van der Waals surface area (Å²) >= 11 is 0. The van der Waals surface area contributed by atoms with Gasteiger partial charge in [0.25, 0.3) is 0 Å². The highest BCUT2D eigenvalue weighted by Gasteiger charge is 2.16. The summed E-state index contributed by atoms with van der Waals surface area (Å²) < 4.78 is 0. The highest BCUT2D eigenvalue weighted by molar-refractivity contribution is 5.73. The third-order valence-electron chi connectivity index (χ3n) is 1.42. The second kappa shape index (κ2) is 5.08. The highest BCUT2D eigenvalue weighted by atomic mass is 16.4. The monoisotopic (exact) mass is 176 g/mol. The van der Waals surface area contributed by atoms with Crippen LogP contribution in [-0.4, -0.2) is 53.9 Å². The van der Waals surface area contributed by atoms with Crippen LogP contribution in [0.5, 0.6) is 0 Å². The van der Waals surface area contributed by atoms with Gasteiger partial charge < -0.3 is 20.8 Å². The molecule has 0 aliphatic rings. The minimum atomic E-state index is -1.08. The molecule has 1 unspecified atom stereocenters.